The number of halogens is 2. The molecule has 0 amide bonds. The molecule has 2 aromatic heterocycles. The molecule has 3 aromatic rings. The number of H-pyrrole nitrogens is 1. The smallest absolute Gasteiger partial charge is 0.215 e. The summed E-state index contributed by atoms with van der Waals surface area (Å²) in [5.41, 5.74) is 1.68. The van der Waals surface area contributed by atoms with Crippen LogP contribution in [0.5, 0.6) is 0 Å². The maximum atomic E-state index is 12.9. The Morgan fingerprint density at radius 3 is 2.41 bits per heavy atom. The molecule has 0 aliphatic carbocycles. The van der Waals surface area contributed by atoms with Crippen molar-refractivity contribution >= 4 is 11.2 Å². The van der Waals surface area contributed by atoms with E-state index in [1.54, 1.807) is 18.2 Å². The SMILES string of the molecule is Fc1ccc(-c2nc3nc(F)ccc3[nH]2)cc1. The van der Waals surface area contributed by atoms with Gasteiger partial charge in [0.2, 0.25) is 5.95 Å². The highest BCUT2D eigenvalue weighted by Gasteiger charge is 2.06. The molecule has 0 radical (unpaired) electrons. The Bertz CT molecular complexity index is 674. The molecule has 0 saturated carbocycles. The number of nitrogens with zero attached hydrogens (tertiary/aromatic N) is 2. The summed E-state index contributed by atoms with van der Waals surface area (Å²) >= 11 is 0. The zero-order chi connectivity index (χ0) is 11.8. The van der Waals surface area contributed by atoms with Gasteiger partial charge in [0.1, 0.15) is 11.6 Å². The first-order chi connectivity index (χ1) is 8.22. The number of benzene rings is 1. The summed E-state index contributed by atoms with van der Waals surface area (Å²) in [5, 5.41) is 0. The Hall–Kier alpha value is -2.30. The van der Waals surface area contributed by atoms with Crippen LogP contribution < -0.4 is 0 Å². The molecule has 1 aromatic carbocycles. The first-order valence-corrected chi connectivity index (χ1v) is 5.00. The van der Waals surface area contributed by atoms with E-state index < -0.39 is 5.95 Å². The van der Waals surface area contributed by atoms with Gasteiger partial charge in [0.05, 0.1) is 5.52 Å². The van der Waals surface area contributed by atoms with Crippen molar-refractivity contribution in [3.05, 3.63) is 48.2 Å². The molecule has 0 bridgehead atoms. The van der Waals surface area contributed by atoms with Crippen molar-refractivity contribution in [2.24, 2.45) is 0 Å². The number of aromatic amines is 1. The predicted octanol–water partition coefficient (Wildman–Crippen LogP) is 2.90. The van der Waals surface area contributed by atoms with Crippen molar-refractivity contribution in [2.75, 3.05) is 0 Å². The third-order valence-corrected chi connectivity index (χ3v) is 2.43. The molecule has 0 aliphatic heterocycles. The molecular formula is C12H7F2N3. The Kier molecular flexibility index (Phi) is 2.11. The first kappa shape index (κ1) is 9.89. The highest BCUT2D eigenvalue weighted by Crippen LogP contribution is 2.19. The molecule has 5 heteroatoms. The van der Waals surface area contributed by atoms with Crippen LogP contribution in [-0.4, -0.2) is 15.0 Å². The average Bonchev–Trinajstić information content (AvgIpc) is 2.72. The number of nitrogens with one attached hydrogen (secondary N) is 1. The molecule has 1 N–H and O–H groups in total. The molecule has 0 atom stereocenters. The van der Waals surface area contributed by atoms with Crippen molar-refractivity contribution in [2.45, 2.75) is 0 Å². The van der Waals surface area contributed by atoms with E-state index in [0.29, 0.717) is 17.0 Å². The molecule has 17 heavy (non-hydrogen) atoms. The fraction of sp³-hybridized carbons (Fsp3) is 0. The first-order valence-electron chi connectivity index (χ1n) is 5.00. The van der Waals surface area contributed by atoms with Gasteiger partial charge in [-0.2, -0.15) is 9.37 Å². The van der Waals surface area contributed by atoms with Gasteiger partial charge in [0, 0.05) is 5.56 Å². The quantitative estimate of drug-likeness (QED) is 0.654. The van der Waals surface area contributed by atoms with Gasteiger partial charge in [-0.15, -0.1) is 0 Å². The molecule has 0 spiro atoms. The lowest BCUT2D eigenvalue weighted by atomic mass is 10.2. The zero-order valence-corrected chi connectivity index (χ0v) is 8.61. The topological polar surface area (TPSA) is 41.6 Å². The third kappa shape index (κ3) is 1.75. The highest BCUT2D eigenvalue weighted by atomic mass is 19.1. The lowest BCUT2D eigenvalue weighted by Crippen LogP contribution is -1.82. The normalized spacial score (nSPS) is 10.9. The summed E-state index contributed by atoms with van der Waals surface area (Å²) in [5.74, 6) is -0.346. The number of hydrogen-bond donors (Lipinski definition) is 1. The fourth-order valence-corrected chi connectivity index (χ4v) is 1.61. The largest absolute Gasteiger partial charge is 0.337 e. The van der Waals surface area contributed by atoms with Crippen LogP contribution in [0.1, 0.15) is 0 Å². The Labute approximate surface area is 95.1 Å². The second-order valence-electron chi connectivity index (χ2n) is 3.60. The minimum absolute atomic E-state index is 0.310. The Morgan fingerprint density at radius 1 is 0.882 bits per heavy atom. The molecule has 84 valence electrons. The molecule has 3 rings (SSSR count). The van der Waals surface area contributed by atoms with E-state index in [-0.39, 0.29) is 5.82 Å². The van der Waals surface area contributed by atoms with E-state index in [1.807, 2.05) is 0 Å². The lowest BCUT2D eigenvalue weighted by Gasteiger charge is -1.94. The second-order valence-corrected chi connectivity index (χ2v) is 3.60. The van der Waals surface area contributed by atoms with Gasteiger partial charge < -0.3 is 4.98 Å². The Morgan fingerprint density at radius 2 is 1.65 bits per heavy atom. The number of pyridine rings is 1. The van der Waals surface area contributed by atoms with Crippen LogP contribution in [0.4, 0.5) is 8.78 Å². The monoisotopic (exact) mass is 231 g/mol. The van der Waals surface area contributed by atoms with Crippen LogP contribution in [0.2, 0.25) is 0 Å². The molecule has 0 aliphatic rings. The number of hydrogen-bond acceptors (Lipinski definition) is 2. The molecule has 3 nitrogen and oxygen atoms in total. The summed E-state index contributed by atoms with van der Waals surface area (Å²) in [4.78, 5) is 10.8. The maximum absolute atomic E-state index is 12.9. The van der Waals surface area contributed by atoms with E-state index in [4.69, 9.17) is 0 Å². The minimum atomic E-state index is -0.574. The lowest BCUT2D eigenvalue weighted by molar-refractivity contribution is 0.588. The molecule has 0 saturated heterocycles. The number of fused-ring (bicyclic) bond motifs is 1. The van der Waals surface area contributed by atoms with Crippen molar-refractivity contribution < 1.29 is 8.78 Å². The van der Waals surface area contributed by atoms with Gasteiger partial charge in [0.15, 0.2) is 5.65 Å². The maximum Gasteiger partial charge on any atom is 0.215 e. The van der Waals surface area contributed by atoms with Gasteiger partial charge in [-0.3, -0.25) is 0 Å². The number of aromatic nitrogens is 3. The van der Waals surface area contributed by atoms with Gasteiger partial charge in [-0.1, -0.05) is 0 Å². The third-order valence-electron chi connectivity index (χ3n) is 2.43. The van der Waals surface area contributed by atoms with Crippen LogP contribution in [0.3, 0.4) is 0 Å². The highest BCUT2D eigenvalue weighted by molar-refractivity contribution is 5.75. The van der Waals surface area contributed by atoms with Gasteiger partial charge in [-0.25, -0.2) is 9.37 Å². The predicted molar refractivity (Wildman–Crippen MR) is 59.2 cm³/mol. The molecule has 2 heterocycles. The van der Waals surface area contributed by atoms with Crippen LogP contribution in [0.25, 0.3) is 22.6 Å². The van der Waals surface area contributed by atoms with Crippen LogP contribution in [0, 0.1) is 11.8 Å². The van der Waals surface area contributed by atoms with Gasteiger partial charge >= 0.3 is 0 Å². The van der Waals surface area contributed by atoms with E-state index in [9.17, 15) is 8.78 Å². The molecule has 0 unspecified atom stereocenters. The summed E-state index contributed by atoms with van der Waals surface area (Å²) in [7, 11) is 0. The number of imidazole rings is 1. The van der Waals surface area contributed by atoms with Crippen molar-refractivity contribution in [1.29, 1.82) is 0 Å². The van der Waals surface area contributed by atoms with Gasteiger partial charge in [-0.05, 0) is 36.4 Å². The van der Waals surface area contributed by atoms with E-state index in [1.165, 1.54) is 18.2 Å². The Balaban J connectivity index is 2.14. The van der Waals surface area contributed by atoms with Crippen LogP contribution in [0.15, 0.2) is 36.4 Å². The second kappa shape index (κ2) is 3.62. The summed E-state index contributed by atoms with van der Waals surface area (Å²) in [6, 6.07) is 8.71. The van der Waals surface area contributed by atoms with Crippen molar-refractivity contribution in [1.82, 2.24) is 15.0 Å². The summed E-state index contributed by atoms with van der Waals surface area (Å²) in [6.45, 7) is 0. The van der Waals surface area contributed by atoms with E-state index >= 15 is 0 Å². The zero-order valence-electron chi connectivity index (χ0n) is 8.61. The molecule has 0 fully saturated rings. The fourth-order valence-electron chi connectivity index (χ4n) is 1.61. The number of rotatable bonds is 1. The van der Waals surface area contributed by atoms with Crippen LogP contribution >= 0.6 is 0 Å². The van der Waals surface area contributed by atoms with Crippen LogP contribution in [-0.2, 0) is 0 Å². The van der Waals surface area contributed by atoms with E-state index in [0.717, 1.165) is 5.56 Å². The minimum Gasteiger partial charge on any atom is -0.337 e. The van der Waals surface area contributed by atoms with Gasteiger partial charge in [0.25, 0.3) is 0 Å². The summed E-state index contributed by atoms with van der Waals surface area (Å²) in [6.07, 6.45) is 0. The standard InChI is InChI=1S/C12H7F2N3/c13-8-3-1-7(2-4-8)11-15-9-5-6-10(14)16-12(9)17-11/h1-6H,(H,15,16,17). The molecular weight excluding hydrogens is 224 g/mol. The average molecular weight is 231 g/mol. The van der Waals surface area contributed by atoms with Crippen molar-refractivity contribution in [3.63, 3.8) is 0 Å². The van der Waals surface area contributed by atoms with Crippen molar-refractivity contribution in [3.8, 4) is 11.4 Å². The van der Waals surface area contributed by atoms with E-state index in [2.05, 4.69) is 15.0 Å². The summed E-state index contributed by atoms with van der Waals surface area (Å²) < 4.78 is 25.7.